The maximum Gasteiger partial charge on any atom is 0.338 e. The monoisotopic (exact) mass is 387 g/mol. The van der Waals surface area contributed by atoms with E-state index in [1.165, 1.54) is 0 Å². The van der Waals surface area contributed by atoms with Crippen molar-refractivity contribution in [2.24, 2.45) is 0 Å². The van der Waals surface area contributed by atoms with E-state index in [2.05, 4.69) is 15.6 Å². The standard InChI is InChI=1S/C21H13N3O3S/c25-19-18(23-21(28)24-19)9-15-4-1-13-7-12(3-6-17(13)22-15)11-2-5-16-14(8-11)10-27-20(16)26/h1-9H,10H2,(H2,23,24,25,28)/b18-9-. The van der Waals surface area contributed by atoms with Crippen LogP contribution in [0.2, 0.25) is 0 Å². The number of rotatable bonds is 2. The smallest absolute Gasteiger partial charge is 0.338 e. The molecule has 0 bridgehead atoms. The van der Waals surface area contributed by atoms with Crippen molar-refractivity contribution in [3.63, 3.8) is 0 Å². The third-order valence-corrected chi connectivity index (χ3v) is 4.94. The summed E-state index contributed by atoms with van der Waals surface area (Å²) in [4.78, 5) is 28.0. The van der Waals surface area contributed by atoms with E-state index in [0.717, 1.165) is 27.6 Å². The zero-order valence-electron chi connectivity index (χ0n) is 14.5. The molecule has 6 nitrogen and oxygen atoms in total. The van der Waals surface area contributed by atoms with Crippen LogP contribution >= 0.6 is 12.2 Å². The molecule has 0 saturated carbocycles. The summed E-state index contributed by atoms with van der Waals surface area (Å²) in [5.74, 6) is -0.529. The van der Waals surface area contributed by atoms with E-state index in [1.54, 1.807) is 6.08 Å². The summed E-state index contributed by atoms with van der Waals surface area (Å²) in [7, 11) is 0. The number of hydrogen-bond acceptors (Lipinski definition) is 5. The molecule has 1 aromatic heterocycles. The Morgan fingerprint density at radius 2 is 1.82 bits per heavy atom. The third-order valence-electron chi connectivity index (χ3n) is 4.74. The molecule has 5 rings (SSSR count). The molecule has 0 unspecified atom stereocenters. The van der Waals surface area contributed by atoms with E-state index in [9.17, 15) is 9.59 Å². The number of benzene rings is 2. The number of cyclic esters (lactones) is 1. The number of nitrogens with zero attached hydrogens (tertiary/aromatic N) is 1. The average Bonchev–Trinajstić information content (AvgIpc) is 3.22. The van der Waals surface area contributed by atoms with E-state index in [0.29, 0.717) is 28.7 Å². The summed E-state index contributed by atoms with van der Waals surface area (Å²) in [6.45, 7) is 0.320. The predicted molar refractivity (Wildman–Crippen MR) is 108 cm³/mol. The van der Waals surface area contributed by atoms with Crippen LogP contribution in [0.1, 0.15) is 21.6 Å². The maximum atomic E-state index is 11.8. The van der Waals surface area contributed by atoms with Gasteiger partial charge < -0.3 is 10.1 Å². The van der Waals surface area contributed by atoms with Gasteiger partial charge in [-0.1, -0.05) is 18.2 Å². The van der Waals surface area contributed by atoms with Crippen molar-refractivity contribution >= 4 is 46.2 Å². The summed E-state index contributed by atoms with van der Waals surface area (Å²) in [5.41, 5.74) is 5.45. The minimum absolute atomic E-state index is 0.263. The largest absolute Gasteiger partial charge is 0.457 e. The topological polar surface area (TPSA) is 80.3 Å². The van der Waals surface area contributed by atoms with Gasteiger partial charge in [0.05, 0.1) is 16.8 Å². The highest BCUT2D eigenvalue weighted by atomic mass is 32.1. The fourth-order valence-electron chi connectivity index (χ4n) is 3.34. The predicted octanol–water partition coefficient (Wildman–Crippen LogP) is 2.92. The fourth-order valence-corrected chi connectivity index (χ4v) is 3.55. The third kappa shape index (κ3) is 2.82. The normalized spacial score (nSPS) is 16.9. The minimum atomic E-state index is -0.267. The molecule has 1 saturated heterocycles. The van der Waals surface area contributed by atoms with E-state index in [-0.39, 0.29) is 11.9 Å². The SMILES string of the molecule is O=C1NC(=S)N/C1=C\c1ccc2cc(-c3ccc4c(c3)COC4=O)ccc2n1. The molecule has 136 valence electrons. The van der Waals surface area contributed by atoms with Crippen LogP contribution < -0.4 is 10.6 Å². The lowest BCUT2D eigenvalue weighted by molar-refractivity contribution is -0.115. The highest BCUT2D eigenvalue weighted by Crippen LogP contribution is 2.29. The lowest BCUT2D eigenvalue weighted by atomic mass is 9.99. The van der Waals surface area contributed by atoms with E-state index in [4.69, 9.17) is 17.0 Å². The van der Waals surface area contributed by atoms with Crippen molar-refractivity contribution < 1.29 is 14.3 Å². The molecule has 0 aliphatic carbocycles. The number of carbonyl (C=O) groups excluding carboxylic acids is 2. The van der Waals surface area contributed by atoms with Gasteiger partial charge in [-0.2, -0.15) is 0 Å². The molecule has 0 spiro atoms. The molecule has 2 N–H and O–H groups in total. The molecule has 1 amide bonds. The van der Waals surface area contributed by atoms with Crippen molar-refractivity contribution in [3.8, 4) is 11.1 Å². The zero-order chi connectivity index (χ0) is 19.3. The molecular weight excluding hydrogens is 374 g/mol. The lowest BCUT2D eigenvalue weighted by Crippen LogP contribution is -2.21. The first-order valence-electron chi connectivity index (χ1n) is 8.62. The van der Waals surface area contributed by atoms with Crippen LogP contribution in [0.25, 0.3) is 28.1 Å². The number of fused-ring (bicyclic) bond motifs is 2. The second-order valence-electron chi connectivity index (χ2n) is 6.56. The van der Waals surface area contributed by atoms with Gasteiger partial charge >= 0.3 is 5.97 Å². The van der Waals surface area contributed by atoms with Crippen LogP contribution in [0.4, 0.5) is 0 Å². The highest BCUT2D eigenvalue weighted by Gasteiger charge is 2.21. The Labute approximate surface area is 165 Å². The number of aromatic nitrogens is 1. The number of thiocarbonyl (C=S) groups is 1. The van der Waals surface area contributed by atoms with Gasteiger partial charge in [0.25, 0.3) is 5.91 Å². The minimum Gasteiger partial charge on any atom is -0.457 e. The lowest BCUT2D eigenvalue weighted by Gasteiger charge is -2.06. The van der Waals surface area contributed by atoms with Gasteiger partial charge in [-0.25, -0.2) is 9.78 Å². The quantitative estimate of drug-likeness (QED) is 0.400. The molecule has 2 aliphatic heterocycles. The molecule has 0 radical (unpaired) electrons. The van der Waals surface area contributed by atoms with Crippen molar-refractivity contribution in [1.29, 1.82) is 0 Å². The first kappa shape index (κ1) is 16.6. The summed E-state index contributed by atoms with van der Waals surface area (Å²) in [6.07, 6.45) is 1.67. The molecular formula is C21H13N3O3S. The average molecular weight is 387 g/mol. The van der Waals surface area contributed by atoms with Gasteiger partial charge in [0.1, 0.15) is 12.3 Å². The van der Waals surface area contributed by atoms with Gasteiger partial charge in [-0.05, 0) is 59.8 Å². The second-order valence-corrected chi connectivity index (χ2v) is 6.97. The zero-order valence-corrected chi connectivity index (χ0v) is 15.3. The molecule has 3 heterocycles. The van der Waals surface area contributed by atoms with Gasteiger partial charge in [0.15, 0.2) is 5.11 Å². The van der Waals surface area contributed by atoms with Crippen LogP contribution in [-0.2, 0) is 16.1 Å². The number of pyridine rings is 1. The Morgan fingerprint density at radius 3 is 2.64 bits per heavy atom. The molecule has 2 aromatic carbocycles. The molecule has 1 fully saturated rings. The van der Waals surface area contributed by atoms with Crippen molar-refractivity contribution in [3.05, 3.63) is 71.0 Å². The Bertz CT molecular complexity index is 1230. The Kier molecular flexibility index (Phi) is 3.70. The Hall–Kier alpha value is -3.58. The molecule has 3 aromatic rings. The number of hydrogen-bond donors (Lipinski definition) is 2. The van der Waals surface area contributed by atoms with Crippen LogP contribution in [0.3, 0.4) is 0 Å². The number of esters is 1. The second kappa shape index (κ2) is 6.24. The number of carbonyl (C=O) groups is 2. The van der Waals surface area contributed by atoms with Gasteiger partial charge in [0.2, 0.25) is 0 Å². The number of nitrogens with one attached hydrogen (secondary N) is 2. The van der Waals surface area contributed by atoms with Crippen LogP contribution in [0.15, 0.2) is 54.2 Å². The van der Waals surface area contributed by atoms with Gasteiger partial charge in [-0.15, -0.1) is 0 Å². The Morgan fingerprint density at radius 1 is 1.00 bits per heavy atom. The summed E-state index contributed by atoms with van der Waals surface area (Å²) < 4.78 is 5.07. The molecule has 0 atom stereocenters. The molecule has 28 heavy (non-hydrogen) atoms. The van der Waals surface area contributed by atoms with Crippen LogP contribution in [0.5, 0.6) is 0 Å². The number of amides is 1. The van der Waals surface area contributed by atoms with Crippen molar-refractivity contribution in [1.82, 2.24) is 15.6 Å². The summed E-state index contributed by atoms with van der Waals surface area (Å²) in [5, 5.41) is 6.61. The summed E-state index contributed by atoms with van der Waals surface area (Å²) >= 11 is 4.93. The number of ether oxygens (including phenoxy) is 1. The summed E-state index contributed by atoms with van der Waals surface area (Å²) in [6, 6.07) is 15.5. The first-order valence-corrected chi connectivity index (χ1v) is 9.03. The van der Waals surface area contributed by atoms with E-state index >= 15 is 0 Å². The molecule has 2 aliphatic rings. The van der Waals surface area contributed by atoms with E-state index < -0.39 is 0 Å². The first-order chi connectivity index (χ1) is 13.6. The highest BCUT2D eigenvalue weighted by molar-refractivity contribution is 7.80. The van der Waals surface area contributed by atoms with Crippen molar-refractivity contribution in [2.45, 2.75) is 6.61 Å². The van der Waals surface area contributed by atoms with Gasteiger partial charge in [0, 0.05) is 10.9 Å². The van der Waals surface area contributed by atoms with Crippen molar-refractivity contribution in [2.75, 3.05) is 0 Å². The maximum absolute atomic E-state index is 11.8. The van der Waals surface area contributed by atoms with Crippen LogP contribution in [0, 0.1) is 0 Å². The van der Waals surface area contributed by atoms with Crippen LogP contribution in [-0.4, -0.2) is 22.0 Å². The van der Waals surface area contributed by atoms with Gasteiger partial charge in [-0.3, -0.25) is 10.1 Å². The fraction of sp³-hybridized carbons (Fsp3) is 0.0476. The Balaban J connectivity index is 1.49. The van der Waals surface area contributed by atoms with E-state index in [1.807, 2.05) is 48.5 Å². The molecule has 7 heteroatoms.